The summed E-state index contributed by atoms with van der Waals surface area (Å²) in [4.78, 5) is 29.4. The molecule has 1 fully saturated rings. The van der Waals surface area contributed by atoms with Gasteiger partial charge in [-0.05, 0) is 86.4 Å². The summed E-state index contributed by atoms with van der Waals surface area (Å²) >= 11 is 0. The van der Waals surface area contributed by atoms with Gasteiger partial charge in [0.25, 0.3) is 5.91 Å². The van der Waals surface area contributed by atoms with E-state index in [1.54, 1.807) is 24.3 Å². The standard InChI is InChI=1S/C29H32FN3O4/c1-32(2)16-14-31-28(34)26-12-11-24(37-26)18-36-23-10-7-19-13-15-33(29(35)21-3-4-21)27(25(19)17-23)20-5-8-22(30)9-6-20/h5-12,17,21,27H,3-4,13-16,18H2,1-2H3,(H,31,34). The molecule has 2 heterocycles. The van der Waals surface area contributed by atoms with Crippen molar-refractivity contribution >= 4 is 11.8 Å². The van der Waals surface area contributed by atoms with E-state index < -0.39 is 0 Å². The molecule has 5 rings (SSSR count). The van der Waals surface area contributed by atoms with Crippen molar-refractivity contribution in [2.24, 2.45) is 5.92 Å². The van der Waals surface area contributed by atoms with Crippen molar-refractivity contribution in [2.75, 3.05) is 33.7 Å². The Morgan fingerprint density at radius 3 is 2.62 bits per heavy atom. The highest BCUT2D eigenvalue weighted by atomic mass is 19.1. The first-order valence-electron chi connectivity index (χ1n) is 12.7. The van der Waals surface area contributed by atoms with E-state index in [2.05, 4.69) is 5.32 Å². The second-order valence-corrected chi connectivity index (χ2v) is 9.98. The number of amides is 2. The van der Waals surface area contributed by atoms with Crippen LogP contribution in [0.3, 0.4) is 0 Å². The number of nitrogens with one attached hydrogen (secondary N) is 1. The lowest BCUT2D eigenvalue weighted by Gasteiger charge is -2.38. The molecule has 194 valence electrons. The molecule has 1 atom stereocenters. The molecule has 0 radical (unpaired) electrons. The van der Waals surface area contributed by atoms with Crippen molar-refractivity contribution in [3.05, 3.63) is 88.6 Å². The molecule has 7 nitrogen and oxygen atoms in total. The van der Waals surface area contributed by atoms with Gasteiger partial charge in [-0.3, -0.25) is 9.59 Å². The zero-order valence-electron chi connectivity index (χ0n) is 21.2. The minimum absolute atomic E-state index is 0.0946. The van der Waals surface area contributed by atoms with Crippen LogP contribution >= 0.6 is 0 Å². The van der Waals surface area contributed by atoms with Crippen LogP contribution in [0.15, 0.2) is 59.0 Å². The fourth-order valence-electron chi connectivity index (χ4n) is 4.70. The lowest BCUT2D eigenvalue weighted by Crippen LogP contribution is -2.41. The lowest BCUT2D eigenvalue weighted by molar-refractivity contribution is -0.134. The number of furan rings is 1. The third-order valence-corrected chi connectivity index (χ3v) is 6.85. The number of halogens is 1. The number of rotatable bonds is 9. The van der Waals surface area contributed by atoms with Crippen molar-refractivity contribution in [3.8, 4) is 5.75 Å². The molecule has 37 heavy (non-hydrogen) atoms. The van der Waals surface area contributed by atoms with E-state index >= 15 is 0 Å². The highest BCUT2D eigenvalue weighted by Gasteiger charge is 2.39. The lowest BCUT2D eigenvalue weighted by atomic mass is 9.87. The maximum atomic E-state index is 13.7. The molecule has 2 amide bonds. The molecule has 2 aromatic carbocycles. The van der Waals surface area contributed by atoms with Gasteiger partial charge in [-0.25, -0.2) is 4.39 Å². The largest absolute Gasteiger partial charge is 0.486 e. The summed E-state index contributed by atoms with van der Waals surface area (Å²) in [6.45, 7) is 2.07. The molecular formula is C29H32FN3O4. The summed E-state index contributed by atoms with van der Waals surface area (Å²) in [7, 11) is 3.89. The summed E-state index contributed by atoms with van der Waals surface area (Å²) in [5.41, 5.74) is 3.02. The third-order valence-electron chi connectivity index (χ3n) is 6.85. The van der Waals surface area contributed by atoms with Crippen LogP contribution in [0, 0.1) is 11.7 Å². The van der Waals surface area contributed by atoms with Crippen LogP contribution in [0.2, 0.25) is 0 Å². The van der Waals surface area contributed by atoms with E-state index in [1.807, 2.05) is 42.1 Å². The molecular weight excluding hydrogens is 473 g/mol. The molecule has 0 bridgehead atoms. The van der Waals surface area contributed by atoms with Crippen molar-refractivity contribution in [2.45, 2.75) is 31.9 Å². The maximum absolute atomic E-state index is 13.7. The van der Waals surface area contributed by atoms with Crippen LogP contribution in [0.1, 0.15) is 51.9 Å². The van der Waals surface area contributed by atoms with E-state index in [-0.39, 0.29) is 42.0 Å². The molecule has 0 spiro atoms. The number of likely N-dealkylation sites (N-methyl/N-ethyl adjacent to an activating group) is 1. The van der Waals surface area contributed by atoms with Gasteiger partial charge in [0.15, 0.2) is 5.76 Å². The first kappa shape index (κ1) is 25.0. The van der Waals surface area contributed by atoms with Crippen LogP contribution in [-0.2, 0) is 17.8 Å². The molecule has 1 unspecified atom stereocenters. The van der Waals surface area contributed by atoms with Crippen LogP contribution in [0.4, 0.5) is 4.39 Å². The van der Waals surface area contributed by atoms with Crippen LogP contribution in [0.25, 0.3) is 0 Å². The van der Waals surface area contributed by atoms with Gasteiger partial charge in [0.2, 0.25) is 5.91 Å². The fraction of sp³-hybridized carbons (Fsp3) is 0.379. The third kappa shape index (κ3) is 5.85. The van der Waals surface area contributed by atoms with Gasteiger partial charge in [0.1, 0.15) is 23.9 Å². The van der Waals surface area contributed by atoms with Crippen LogP contribution in [0.5, 0.6) is 5.75 Å². The Balaban J connectivity index is 1.32. The highest BCUT2D eigenvalue weighted by Crippen LogP contribution is 2.41. The van der Waals surface area contributed by atoms with Crippen LogP contribution < -0.4 is 10.1 Å². The molecule has 8 heteroatoms. The summed E-state index contributed by atoms with van der Waals surface area (Å²) in [6.07, 6.45) is 2.62. The number of ether oxygens (including phenoxy) is 1. The van der Waals surface area contributed by atoms with Gasteiger partial charge in [-0.2, -0.15) is 0 Å². The molecule has 1 aliphatic carbocycles. The van der Waals surface area contributed by atoms with E-state index in [9.17, 15) is 14.0 Å². The Labute approximate surface area is 216 Å². The highest BCUT2D eigenvalue weighted by molar-refractivity contribution is 5.91. The van der Waals surface area contributed by atoms with Crippen LogP contribution in [-0.4, -0.2) is 55.3 Å². The number of nitrogens with zero attached hydrogens (tertiary/aromatic N) is 2. The quantitative estimate of drug-likeness (QED) is 0.473. The minimum Gasteiger partial charge on any atom is -0.486 e. The van der Waals surface area contributed by atoms with Crippen molar-refractivity contribution in [1.29, 1.82) is 0 Å². The van der Waals surface area contributed by atoms with Gasteiger partial charge in [-0.15, -0.1) is 0 Å². The fourth-order valence-corrected chi connectivity index (χ4v) is 4.70. The molecule has 2 aliphatic rings. The predicted molar refractivity (Wildman–Crippen MR) is 137 cm³/mol. The van der Waals surface area contributed by atoms with E-state index in [1.165, 1.54) is 12.1 Å². The summed E-state index contributed by atoms with van der Waals surface area (Å²) in [5.74, 6) is 1.12. The van der Waals surface area contributed by atoms with Gasteiger partial charge in [0, 0.05) is 25.6 Å². The molecule has 3 aromatic rings. The van der Waals surface area contributed by atoms with Gasteiger partial charge in [0.05, 0.1) is 6.04 Å². The second-order valence-electron chi connectivity index (χ2n) is 9.98. The maximum Gasteiger partial charge on any atom is 0.287 e. The van der Waals surface area contributed by atoms with Gasteiger partial charge >= 0.3 is 0 Å². The van der Waals surface area contributed by atoms with Gasteiger partial charge < -0.3 is 24.3 Å². The van der Waals surface area contributed by atoms with E-state index in [0.717, 1.165) is 42.5 Å². The number of carbonyl (C=O) groups excluding carboxylic acids is 2. The minimum atomic E-state index is -0.305. The number of hydrogen-bond donors (Lipinski definition) is 1. The zero-order valence-corrected chi connectivity index (χ0v) is 21.2. The average Bonchev–Trinajstić information content (AvgIpc) is 3.63. The Bertz CT molecular complexity index is 1270. The predicted octanol–water partition coefficient (Wildman–Crippen LogP) is 4.17. The number of hydrogen-bond acceptors (Lipinski definition) is 5. The van der Waals surface area contributed by atoms with Crippen molar-refractivity contribution in [3.63, 3.8) is 0 Å². The second kappa shape index (κ2) is 10.8. The smallest absolute Gasteiger partial charge is 0.287 e. The normalized spacial score (nSPS) is 17.0. The summed E-state index contributed by atoms with van der Waals surface area (Å²) in [6, 6.07) is 15.4. The van der Waals surface area contributed by atoms with E-state index in [0.29, 0.717) is 24.6 Å². The zero-order chi connectivity index (χ0) is 25.9. The molecule has 0 saturated heterocycles. The van der Waals surface area contributed by atoms with Crippen molar-refractivity contribution < 1.29 is 23.1 Å². The van der Waals surface area contributed by atoms with E-state index in [4.69, 9.17) is 9.15 Å². The van der Waals surface area contributed by atoms with Crippen molar-refractivity contribution in [1.82, 2.24) is 15.1 Å². The Morgan fingerprint density at radius 2 is 1.89 bits per heavy atom. The first-order chi connectivity index (χ1) is 17.9. The Morgan fingerprint density at radius 1 is 1.11 bits per heavy atom. The average molecular weight is 506 g/mol. The van der Waals surface area contributed by atoms with Gasteiger partial charge in [-0.1, -0.05) is 18.2 Å². The number of fused-ring (bicyclic) bond motifs is 1. The topological polar surface area (TPSA) is 75.0 Å². The summed E-state index contributed by atoms with van der Waals surface area (Å²) < 4.78 is 25.4. The molecule has 1 saturated carbocycles. The molecule has 1 aliphatic heterocycles. The summed E-state index contributed by atoms with van der Waals surface area (Å²) in [5, 5.41) is 2.83. The monoisotopic (exact) mass is 505 g/mol. The first-order valence-corrected chi connectivity index (χ1v) is 12.7. The Hall–Kier alpha value is -3.65. The SMILES string of the molecule is CN(C)CCNC(=O)c1ccc(COc2ccc3c(c2)C(c2ccc(F)cc2)N(C(=O)C2CC2)CC3)o1. The number of benzene rings is 2. The molecule has 1 N–H and O–H groups in total. The number of carbonyl (C=O) groups is 2. The Kier molecular flexibility index (Phi) is 7.28. The molecule has 1 aromatic heterocycles.